The number of fused-ring (bicyclic) bond motifs is 2. The molecule has 5 aromatic rings. The highest BCUT2D eigenvalue weighted by atomic mass is 19.1. The average molecular weight is 393 g/mol. The largest absolute Gasteiger partial charge is 0.369 e. The maximum Gasteiger partial charge on any atom is 0.137 e. The number of halogens is 1. The average Bonchev–Trinajstić information content (AvgIpc) is 2.79. The van der Waals surface area contributed by atoms with Crippen LogP contribution in [0.25, 0.3) is 32.8 Å². The van der Waals surface area contributed by atoms with E-state index >= 15 is 0 Å². The van der Waals surface area contributed by atoms with Crippen molar-refractivity contribution in [3.8, 4) is 11.1 Å². The normalized spacial score (nSPS) is 11.1. The van der Waals surface area contributed by atoms with Gasteiger partial charge in [0, 0.05) is 11.9 Å². The fraction of sp³-hybridized carbons (Fsp3) is 0.0769. The second kappa shape index (κ2) is 7.91. The number of benzene rings is 4. The number of anilines is 1. The molecule has 0 saturated heterocycles. The van der Waals surface area contributed by atoms with Gasteiger partial charge in [-0.2, -0.15) is 0 Å². The first kappa shape index (κ1) is 18.3. The lowest BCUT2D eigenvalue weighted by atomic mass is 9.97. The van der Waals surface area contributed by atoms with Crippen LogP contribution in [0.3, 0.4) is 0 Å². The molecule has 0 aliphatic rings. The molecule has 0 unspecified atom stereocenters. The first-order chi connectivity index (χ1) is 14.8. The third-order valence-corrected chi connectivity index (χ3v) is 5.36. The van der Waals surface area contributed by atoms with Gasteiger partial charge < -0.3 is 5.32 Å². The van der Waals surface area contributed by atoms with Crippen LogP contribution in [-0.4, -0.2) is 16.5 Å². The highest BCUT2D eigenvalue weighted by Crippen LogP contribution is 2.28. The zero-order valence-electron chi connectivity index (χ0n) is 16.3. The Kier molecular flexibility index (Phi) is 4.81. The predicted octanol–water partition coefficient (Wildman–Crippen LogP) is 6.24. The predicted molar refractivity (Wildman–Crippen MR) is 121 cm³/mol. The van der Waals surface area contributed by atoms with Gasteiger partial charge in [0.25, 0.3) is 0 Å². The van der Waals surface area contributed by atoms with Gasteiger partial charge in [-0.25, -0.2) is 14.4 Å². The van der Waals surface area contributed by atoms with Gasteiger partial charge in [-0.1, -0.05) is 66.7 Å². The summed E-state index contributed by atoms with van der Waals surface area (Å²) in [5.41, 5.74) is 4.41. The van der Waals surface area contributed by atoms with Crippen molar-refractivity contribution in [1.29, 1.82) is 0 Å². The molecule has 4 heteroatoms. The highest BCUT2D eigenvalue weighted by molar-refractivity contribution is 5.96. The lowest BCUT2D eigenvalue weighted by molar-refractivity contribution is 0.629. The monoisotopic (exact) mass is 393 g/mol. The molecule has 0 bridgehead atoms. The zero-order valence-corrected chi connectivity index (χ0v) is 16.3. The van der Waals surface area contributed by atoms with Crippen LogP contribution in [0.4, 0.5) is 10.2 Å². The van der Waals surface area contributed by atoms with E-state index in [0.29, 0.717) is 17.7 Å². The summed E-state index contributed by atoms with van der Waals surface area (Å²) in [6, 6.07) is 28.1. The van der Waals surface area contributed by atoms with Crippen LogP contribution < -0.4 is 5.32 Å². The highest BCUT2D eigenvalue weighted by Gasteiger charge is 2.06. The first-order valence-corrected chi connectivity index (χ1v) is 9.99. The van der Waals surface area contributed by atoms with Gasteiger partial charge in [0.05, 0.1) is 5.52 Å². The minimum absolute atomic E-state index is 0.288. The molecule has 1 heterocycles. The number of hydrogen-bond acceptors (Lipinski definition) is 3. The van der Waals surface area contributed by atoms with Crippen molar-refractivity contribution in [3.05, 3.63) is 103 Å². The quantitative estimate of drug-likeness (QED) is 0.384. The van der Waals surface area contributed by atoms with Crippen LogP contribution in [0.1, 0.15) is 5.56 Å². The van der Waals surface area contributed by atoms with Crippen LogP contribution in [0.5, 0.6) is 0 Å². The molecule has 0 saturated carbocycles. The molecule has 1 N–H and O–H groups in total. The van der Waals surface area contributed by atoms with Gasteiger partial charge in [-0.3, -0.25) is 0 Å². The summed E-state index contributed by atoms with van der Waals surface area (Å²) < 4.78 is 13.6. The molecule has 4 aromatic carbocycles. The summed E-state index contributed by atoms with van der Waals surface area (Å²) in [7, 11) is 0. The zero-order chi connectivity index (χ0) is 20.3. The number of hydrogen-bond donors (Lipinski definition) is 1. The molecule has 0 spiro atoms. The van der Waals surface area contributed by atoms with E-state index in [1.54, 1.807) is 6.07 Å². The van der Waals surface area contributed by atoms with Crippen molar-refractivity contribution in [2.75, 3.05) is 11.9 Å². The Labute approximate surface area is 174 Å². The molecular weight excluding hydrogens is 373 g/mol. The minimum atomic E-state index is -0.288. The van der Waals surface area contributed by atoms with Crippen LogP contribution in [0.15, 0.2) is 91.3 Å². The standard InChI is InChI=1S/C26H20FN3/c27-21-12-13-25-24(16-21)26(30-17-29-25)28-15-14-18-8-10-20(11-9-18)23-7-3-5-19-4-1-2-6-22(19)23/h1-13,16-17H,14-15H2,(H,28,29,30). The Morgan fingerprint density at radius 1 is 0.767 bits per heavy atom. The number of nitrogens with one attached hydrogen (secondary N) is 1. The van der Waals surface area contributed by atoms with Crippen LogP contribution in [-0.2, 0) is 6.42 Å². The van der Waals surface area contributed by atoms with E-state index in [2.05, 4.69) is 82.0 Å². The molecule has 146 valence electrons. The molecule has 0 fully saturated rings. The van der Waals surface area contributed by atoms with E-state index in [1.165, 1.54) is 45.9 Å². The van der Waals surface area contributed by atoms with Crippen molar-refractivity contribution < 1.29 is 4.39 Å². The second-order valence-electron chi connectivity index (χ2n) is 7.28. The fourth-order valence-electron chi connectivity index (χ4n) is 3.82. The van der Waals surface area contributed by atoms with E-state index in [-0.39, 0.29) is 5.82 Å². The van der Waals surface area contributed by atoms with E-state index < -0.39 is 0 Å². The van der Waals surface area contributed by atoms with E-state index in [4.69, 9.17) is 0 Å². The van der Waals surface area contributed by atoms with Crippen LogP contribution in [0, 0.1) is 5.82 Å². The molecule has 0 aliphatic carbocycles. The topological polar surface area (TPSA) is 37.8 Å². The molecule has 1 aromatic heterocycles. The number of rotatable bonds is 5. The van der Waals surface area contributed by atoms with E-state index in [1.807, 2.05) is 0 Å². The number of nitrogens with zero attached hydrogens (tertiary/aromatic N) is 2. The van der Waals surface area contributed by atoms with Crippen molar-refractivity contribution in [2.24, 2.45) is 0 Å². The Morgan fingerprint density at radius 2 is 1.60 bits per heavy atom. The van der Waals surface area contributed by atoms with Gasteiger partial charge in [0.1, 0.15) is 18.0 Å². The van der Waals surface area contributed by atoms with Gasteiger partial charge in [0.2, 0.25) is 0 Å². The Morgan fingerprint density at radius 3 is 2.50 bits per heavy atom. The number of aromatic nitrogens is 2. The Balaban J connectivity index is 1.31. The Bertz CT molecular complexity index is 1320. The molecule has 0 amide bonds. The third kappa shape index (κ3) is 3.60. The maximum absolute atomic E-state index is 13.6. The van der Waals surface area contributed by atoms with E-state index in [9.17, 15) is 4.39 Å². The molecule has 0 radical (unpaired) electrons. The van der Waals surface area contributed by atoms with E-state index in [0.717, 1.165) is 11.9 Å². The smallest absolute Gasteiger partial charge is 0.137 e. The van der Waals surface area contributed by atoms with Crippen molar-refractivity contribution in [3.63, 3.8) is 0 Å². The lowest BCUT2D eigenvalue weighted by Crippen LogP contribution is -2.07. The Hall–Kier alpha value is -3.79. The summed E-state index contributed by atoms with van der Waals surface area (Å²) in [4.78, 5) is 8.46. The summed E-state index contributed by atoms with van der Waals surface area (Å²) in [5.74, 6) is 0.372. The van der Waals surface area contributed by atoms with Gasteiger partial charge in [-0.15, -0.1) is 0 Å². The second-order valence-corrected chi connectivity index (χ2v) is 7.28. The molecule has 0 aliphatic heterocycles. The molecular formula is C26H20FN3. The third-order valence-electron chi connectivity index (χ3n) is 5.36. The fourth-order valence-corrected chi connectivity index (χ4v) is 3.82. The SMILES string of the molecule is Fc1ccc2ncnc(NCCc3ccc(-c4cccc5ccccc45)cc3)c2c1. The summed E-state index contributed by atoms with van der Waals surface area (Å²) >= 11 is 0. The van der Waals surface area contributed by atoms with Gasteiger partial charge >= 0.3 is 0 Å². The van der Waals surface area contributed by atoms with Crippen molar-refractivity contribution >= 4 is 27.5 Å². The summed E-state index contributed by atoms with van der Waals surface area (Å²) in [6.45, 7) is 0.705. The van der Waals surface area contributed by atoms with Crippen molar-refractivity contribution in [1.82, 2.24) is 9.97 Å². The molecule has 0 atom stereocenters. The van der Waals surface area contributed by atoms with Gasteiger partial charge in [0.15, 0.2) is 0 Å². The van der Waals surface area contributed by atoms with Crippen LogP contribution >= 0.6 is 0 Å². The summed E-state index contributed by atoms with van der Waals surface area (Å²) in [6.07, 6.45) is 2.35. The lowest BCUT2D eigenvalue weighted by Gasteiger charge is -2.10. The molecule has 5 rings (SSSR count). The molecule has 3 nitrogen and oxygen atoms in total. The maximum atomic E-state index is 13.6. The summed E-state index contributed by atoms with van der Waals surface area (Å²) in [5, 5.41) is 6.52. The first-order valence-electron chi connectivity index (χ1n) is 9.99. The minimum Gasteiger partial charge on any atom is -0.369 e. The van der Waals surface area contributed by atoms with Gasteiger partial charge in [-0.05, 0) is 52.1 Å². The van der Waals surface area contributed by atoms with Crippen molar-refractivity contribution in [2.45, 2.75) is 6.42 Å². The molecule has 30 heavy (non-hydrogen) atoms. The van der Waals surface area contributed by atoms with Crippen LogP contribution in [0.2, 0.25) is 0 Å².